The SMILES string of the molecule is [2H]n1c(C23C([2H])([2H])C4([2H])C([2H])([2H])C([2H])(C([2H])([2H])C2([2H])C4([2H])[2H])C3([2H])[2H])nc2c1c(=O)n(CCC)c(=O)n2C([2H])([2H])C([2H])([2H])C([2H])([2H])[2H]. The highest BCUT2D eigenvalue weighted by Crippen LogP contribution is 2.65. The van der Waals surface area contributed by atoms with Gasteiger partial charge in [-0.2, -0.15) is 0 Å². The number of imidazole rings is 1. The molecule has 6 rings (SSSR count). The second-order valence-corrected chi connectivity index (χ2v) is 6.03. The Morgan fingerprint density at radius 3 is 2.85 bits per heavy atom. The number of H-pyrrole nitrogens is 1. The van der Waals surface area contributed by atoms with E-state index in [1.807, 2.05) is 0 Å². The Kier molecular flexibility index (Phi) is 1.15. The number of fused-ring (bicyclic) bond motifs is 1. The first-order valence-corrected chi connectivity index (χ1v) is 7.94. The van der Waals surface area contributed by atoms with E-state index in [4.69, 9.17) is 27.5 Å². The number of rotatable bonds is 5. The molecule has 4 aliphatic carbocycles. The normalized spacial score (nSPS) is 63.8. The standard InChI is InChI=1S/C20H28N4O2/c1-3-5-23-16-15(17(25)24(6-4-2)19(23)26)21-18(22-16)20-10-12-7-13(11-20)9-14(20)8-12/h12-14H,3-11H2,1-2H3,(H,21,22)/i1D3,3D2,5D2,7D2,8D2,9D2,10D2,11D2,12D,13D,14D/hD. The van der Waals surface area contributed by atoms with Gasteiger partial charge in [-0.05, 0) is 62.3 Å². The van der Waals surface area contributed by atoms with Crippen LogP contribution in [-0.2, 0) is 18.5 Å². The Bertz CT molecular complexity index is 1810. The van der Waals surface area contributed by atoms with Crippen LogP contribution in [0.25, 0.3) is 11.2 Å². The smallest absolute Gasteiger partial charge is 0.332 e. The van der Waals surface area contributed by atoms with Crippen LogP contribution in [0.4, 0.5) is 0 Å². The second kappa shape index (κ2) is 5.57. The molecule has 0 spiro atoms. The van der Waals surface area contributed by atoms with Crippen molar-refractivity contribution >= 4 is 11.2 Å². The van der Waals surface area contributed by atoms with Crippen LogP contribution in [0.2, 0.25) is 1.41 Å². The number of nitrogens with one attached hydrogen (secondary N) is 1. The fourth-order valence-corrected chi connectivity index (χ4v) is 3.34. The van der Waals surface area contributed by atoms with Gasteiger partial charge in [0.1, 0.15) is 11.3 Å². The lowest BCUT2D eigenvalue weighted by Crippen LogP contribution is -2.40. The Morgan fingerprint density at radius 1 is 1.38 bits per heavy atom. The monoisotopic (exact) mass is 377 g/mol. The lowest BCUT2D eigenvalue weighted by atomic mass is 9.75. The van der Waals surface area contributed by atoms with Crippen LogP contribution >= 0.6 is 0 Å². The van der Waals surface area contributed by atoms with Gasteiger partial charge >= 0.3 is 5.69 Å². The van der Waals surface area contributed by atoms with E-state index in [2.05, 4.69) is 4.98 Å². The number of aryl methyl sites for hydroxylation is 1. The van der Waals surface area contributed by atoms with Crippen LogP contribution in [0, 0.1) is 17.7 Å². The highest BCUT2D eigenvalue weighted by atomic mass is 16.2. The highest BCUT2D eigenvalue weighted by molar-refractivity contribution is 5.70. The Morgan fingerprint density at radius 2 is 2.15 bits per heavy atom. The number of aromatic nitrogens is 4. The maximum absolute atomic E-state index is 13.7. The van der Waals surface area contributed by atoms with Crippen LogP contribution in [0.15, 0.2) is 9.59 Å². The van der Waals surface area contributed by atoms with Gasteiger partial charge in [0.15, 0.2) is 7.06 Å². The molecule has 2 unspecified atom stereocenters. The third-order valence-corrected chi connectivity index (χ3v) is 4.42. The molecule has 6 nitrogen and oxygen atoms in total. The van der Waals surface area contributed by atoms with Crippen LogP contribution in [0.3, 0.4) is 0 Å². The van der Waals surface area contributed by atoms with Crippen molar-refractivity contribution < 1.29 is 28.8 Å². The Labute approximate surface area is 182 Å². The molecule has 2 atom stereocenters. The topological polar surface area (TPSA) is 72.7 Å². The van der Waals surface area contributed by atoms with Gasteiger partial charge in [-0.25, -0.2) is 9.78 Å². The molecule has 0 amide bonds. The van der Waals surface area contributed by atoms with Crippen molar-refractivity contribution in [2.45, 2.75) is 76.9 Å². The quantitative estimate of drug-likeness (QED) is 0.871. The number of hydrogen-bond acceptors (Lipinski definition) is 3. The summed E-state index contributed by atoms with van der Waals surface area (Å²) in [6, 6.07) is 0. The summed E-state index contributed by atoms with van der Waals surface area (Å²) in [6.45, 7) is -6.90. The van der Waals surface area contributed by atoms with Crippen molar-refractivity contribution in [1.29, 1.82) is 0 Å². The fourth-order valence-electron chi connectivity index (χ4n) is 3.34. The lowest BCUT2D eigenvalue weighted by molar-refractivity contribution is 0.262. The number of hydrogen-bond donors (Lipinski definition) is 1. The Hall–Kier alpha value is -1.85. The summed E-state index contributed by atoms with van der Waals surface area (Å²) < 4.78 is 180. The third-order valence-electron chi connectivity index (χ3n) is 4.42. The summed E-state index contributed by atoms with van der Waals surface area (Å²) in [7, 11) is 0. The first-order chi connectivity index (χ1) is 20.7. The van der Waals surface area contributed by atoms with Gasteiger partial charge in [0.2, 0.25) is 0 Å². The first-order valence-electron chi connectivity index (χ1n) is 18.4. The molecular weight excluding hydrogens is 328 g/mol. The molecule has 0 saturated heterocycles. The summed E-state index contributed by atoms with van der Waals surface area (Å²) in [5.74, 6) is -13.6. The van der Waals surface area contributed by atoms with E-state index in [0.29, 0.717) is 0 Å². The van der Waals surface area contributed by atoms with Gasteiger partial charge in [0, 0.05) is 45.9 Å². The van der Waals surface area contributed by atoms with Gasteiger partial charge in [0.05, 0.1) is 0 Å². The van der Waals surface area contributed by atoms with Crippen molar-refractivity contribution in [3.05, 3.63) is 26.7 Å². The first kappa shape index (κ1) is 5.36. The van der Waals surface area contributed by atoms with E-state index >= 15 is 0 Å². The molecule has 0 radical (unpaired) electrons. The summed E-state index contributed by atoms with van der Waals surface area (Å²) in [5, 5.41) is 0. The van der Waals surface area contributed by atoms with E-state index < -0.39 is 109 Å². The molecule has 6 heteroatoms. The highest BCUT2D eigenvalue weighted by Gasteiger charge is 2.59. The summed E-state index contributed by atoms with van der Waals surface area (Å²) in [5.41, 5.74) is -9.86. The molecule has 1 N–H and O–H groups in total. The molecular formula is C20H28N4O2. The summed E-state index contributed by atoms with van der Waals surface area (Å²) >= 11 is 0. The zero-order valence-electron chi connectivity index (χ0n) is 34.5. The van der Waals surface area contributed by atoms with Gasteiger partial charge in [-0.15, -0.1) is 0 Å². The molecule has 0 aliphatic heterocycles. The van der Waals surface area contributed by atoms with E-state index in [9.17, 15) is 11.0 Å². The predicted molar refractivity (Wildman–Crippen MR) is 100 cm³/mol. The van der Waals surface area contributed by atoms with Crippen molar-refractivity contribution in [1.82, 2.24) is 19.1 Å². The fraction of sp³-hybridized carbons (Fsp3) is 0.750. The number of aromatic amines is 1. The zero-order chi connectivity index (χ0) is 36.7. The van der Waals surface area contributed by atoms with Crippen molar-refractivity contribution in [3.63, 3.8) is 0 Å². The maximum Gasteiger partial charge on any atom is 0.332 e. The molecule has 4 saturated carbocycles. The van der Waals surface area contributed by atoms with Crippen LogP contribution in [-0.4, -0.2) is 19.1 Å². The van der Waals surface area contributed by atoms with Crippen LogP contribution in [0.5, 0.6) is 0 Å². The van der Waals surface area contributed by atoms with E-state index in [-0.39, 0.29) is 20.5 Å². The molecule has 4 aliphatic rings. The average molecular weight is 378 g/mol. The summed E-state index contributed by atoms with van der Waals surface area (Å²) in [6.07, 6.45) is -24.4. The van der Waals surface area contributed by atoms with Crippen LogP contribution in [0.1, 0.15) is 91.7 Å². The lowest BCUT2D eigenvalue weighted by Gasteiger charge is -2.30. The summed E-state index contributed by atoms with van der Waals surface area (Å²) in [4.78, 5) is 30.9. The molecule has 140 valence electrons. The molecule has 26 heavy (non-hydrogen) atoms. The third kappa shape index (κ3) is 2.01. The molecule has 2 aromatic heterocycles. The average Bonchev–Trinajstić information content (AvgIpc) is 3.29. The van der Waals surface area contributed by atoms with Crippen molar-refractivity contribution in [2.24, 2.45) is 17.7 Å². The maximum atomic E-state index is 13.7. The minimum Gasteiger partial charge on any atom is -0.336 e. The minimum atomic E-state index is -4.12. The predicted octanol–water partition coefficient (Wildman–Crippen LogP) is 2.78. The van der Waals surface area contributed by atoms with Crippen LogP contribution < -0.4 is 11.2 Å². The largest absolute Gasteiger partial charge is 0.336 e. The van der Waals surface area contributed by atoms with Gasteiger partial charge in [-0.1, -0.05) is 13.8 Å². The van der Waals surface area contributed by atoms with Gasteiger partial charge in [-0.3, -0.25) is 13.9 Å². The molecule has 4 bridgehead atoms. The molecule has 2 heterocycles. The van der Waals surface area contributed by atoms with E-state index in [0.717, 1.165) is 0 Å². The second-order valence-electron chi connectivity index (χ2n) is 6.03. The van der Waals surface area contributed by atoms with E-state index in [1.165, 1.54) is 6.92 Å². The zero-order valence-corrected chi connectivity index (χ0v) is 13.5. The van der Waals surface area contributed by atoms with Gasteiger partial charge in [0.25, 0.3) is 5.56 Å². The van der Waals surface area contributed by atoms with E-state index in [1.54, 1.807) is 0 Å². The minimum absolute atomic E-state index is 0.0299. The molecule has 4 fully saturated rings. The molecule has 2 aromatic rings. The van der Waals surface area contributed by atoms with Crippen molar-refractivity contribution in [2.75, 3.05) is 0 Å². The van der Waals surface area contributed by atoms with Gasteiger partial charge < -0.3 is 4.98 Å². The van der Waals surface area contributed by atoms with Crippen molar-refractivity contribution in [3.8, 4) is 0 Å². The number of nitrogens with zero attached hydrogens (tertiary/aromatic N) is 3. The molecule has 0 aromatic carbocycles. The Balaban J connectivity index is 2.11.